The van der Waals surface area contributed by atoms with Crippen LogP contribution >= 0.6 is 35.3 Å². The van der Waals surface area contributed by atoms with E-state index in [2.05, 4.69) is 71.4 Å². The highest BCUT2D eigenvalue weighted by Crippen LogP contribution is 2.22. The number of aliphatic imine (C=N–C) groups is 1. The lowest BCUT2D eigenvalue weighted by Gasteiger charge is -2.37. The minimum atomic E-state index is 0. The number of nitrogens with zero attached hydrogens (tertiary/aromatic N) is 5. The Balaban J connectivity index is 0.00000240. The maximum atomic E-state index is 4.53. The van der Waals surface area contributed by atoms with Gasteiger partial charge in [0.1, 0.15) is 5.82 Å². The van der Waals surface area contributed by atoms with Crippen molar-refractivity contribution in [3.63, 3.8) is 0 Å². The Kier molecular flexibility index (Phi) is 7.93. The average molecular weight is 522 g/mol. The van der Waals surface area contributed by atoms with E-state index in [1.165, 1.54) is 10.6 Å². The van der Waals surface area contributed by atoms with E-state index in [1.54, 1.807) is 11.3 Å². The molecule has 1 aliphatic heterocycles. The standard InChI is InChI=1S/C21H26N6S.HI/c1-22-21(26-13-11-25(12-14-26)20-8-5-15-28-20)24-16-19-23-9-10-27(19)17-18-6-3-2-4-7-18;/h2-10,15H,11-14,16-17H2,1H3,(H,22,24);1H. The number of halogens is 1. The van der Waals surface area contributed by atoms with Gasteiger partial charge in [0.2, 0.25) is 0 Å². The molecule has 1 N–H and O–H groups in total. The lowest BCUT2D eigenvalue weighted by molar-refractivity contribution is 0.372. The lowest BCUT2D eigenvalue weighted by atomic mass is 10.2. The first kappa shape index (κ1) is 21.6. The van der Waals surface area contributed by atoms with Gasteiger partial charge in [0.25, 0.3) is 0 Å². The third-order valence-electron chi connectivity index (χ3n) is 5.01. The molecule has 1 fully saturated rings. The Morgan fingerprint density at radius 2 is 1.90 bits per heavy atom. The Morgan fingerprint density at radius 1 is 1.10 bits per heavy atom. The van der Waals surface area contributed by atoms with Crippen LogP contribution in [0.2, 0.25) is 0 Å². The number of anilines is 1. The van der Waals surface area contributed by atoms with E-state index in [0.717, 1.165) is 44.5 Å². The predicted molar refractivity (Wildman–Crippen MR) is 131 cm³/mol. The molecule has 0 bridgehead atoms. The highest BCUT2D eigenvalue weighted by Gasteiger charge is 2.20. The summed E-state index contributed by atoms with van der Waals surface area (Å²) in [5.74, 6) is 1.96. The molecule has 0 aliphatic carbocycles. The van der Waals surface area contributed by atoms with Gasteiger partial charge in [0, 0.05) is 52.2 Å². The van der Waals surface area contributed by atoms with Gasteiger partial charge in [-0.2, -0.15) is 0 Å². The van der Waals surface area contributed by atoms with E-state index < -0.39 is 0 Å². The first-order valence-corrected chi connectivity index (χ1v) is 10.5. The molecule has 0 amide bonds. The molecular weight excluding hydrogens is 495 g/mol. The molecule has 0 radical (unpaired) electrons. The molecule has 0 unspecified atom stereocenters. The van der Waals surface area contributed by atoms with Crippen molar-refractivity contribution in [3.8, 4) is 0 Å². The molecule has 0 spiro atoms. The third kappa shape index (κ3) is 5.51. The van der Waals surface area contributed by atoms with Crippen molar-refractivity contribution in [1.29, 1.82) is 0 Å². The average Bonchev–Trinajstić information content (AvgIpc) is 3.42. The zero-order chi connectivity index (χ0) is 19.2. The summed E-state index contributed by atoms with van der Waals surface area (Å²) in [5, 5.41) is 6.98. The van der Waals surface area contributed by atoms with Crippen molar-refractivity contribution in [3.05, 3.63) is 71.6 Å². The van der Waals surface area contributed by atoms with E-state index in [-0.39, 0.29) is 24.0 Å². The number of benzene rings is 1. The molecule has 29 heavy (non-hydrogen) atoms. The topological polar surface area (TPSA) is 48.7 Å². The maximum Gasteiger partial charge on any atom is 0.194 e. The monoisotopic (exact) mass is 522 g/mol. The summed E-state index contributed by atoms with van der Waals surface area (Å²) >= 11 is 1.81. The number of nitrogens with one attached hydrogen (secondary N) is 1. The van der Waals surface area contributed by atoms with Gasteiger partial charge in [-0.1, -0.05) is 30.3 Å². The molecule has 3 aromatic rings. The smallest absolute Gasteiger partial charge is 0.194 e. The van der Waals surface area contributed by atoms with Gasteiger partial charge in [0.05, 0.1) is 11.5 Å². The predicted octanol–water partition coefficient (Wildman–Crippen LogP) is 3.51. The van der Waals surface area contributed by atoms with Crippen LogP contribution in [-0.2, 0) is 13.1 Å². The van der Waals surface area contributed by atoms with Crippen LogP contribution in [-0.4, -0.2) is 53.6 Å². The summed E-state index contributed by atoms with van der Waals surface area (Å²) < 4.78 is 2.18. The Hall–Kier alpha value is -2.07. The molecule has 6 nitrogen and oxygen atoms in total. The second kappa shape index (κ2) is 10.6. The van der Waals surface area contributed by atoms with Gasteiger partial charge in [-0.15, -0.1) is 35.3 Å². The molecule has 1 aromatic carbocycles. The molecule has 3 heterocycles. The fourth-order valence-electron chi connectivity index (χ4n) is 3.51. The molecule has 154 valence electrons. The SMILES string of the molecule is CN=C(NCc1nccn1Cc1ccccc1)N1CCN(c2cccs2)CC1.I. The minimum Gasteiger partial charge on any atom is -0.360 e. The number of rotatable bonds is 5. The molecule has 0 saturated carbocycles. The van der Waals surface area contributed by atoms with Crippen molar-refractivity contribution in [2.24, 2.45) is 4.99 Å². The molecule has 1 aliphatic rings. The van der Waals surface area contributed by atoms with Crippen LogP contribution in [0.4, 0.5) is 5.00 Å². The summed E-state index contributed by atoms with van der Waals surface area (Å²) in [6.45, 7) is 5.47. The first-order chi connectivity index (χ1) is 13.8. The van der Waals surface area contributed by atoms with Crippen molar-refractivity contribution in [1.82, 2.24) is 19.8 Å². The minimum absolute atomic E-state index is 0. The van der Waals surface area contributed by atoms with Crippen LogP contribution in [0.25, 0.3) is 0 Å². The number of hydrogen-bond donors (Lipinski definition) is 1. The fraction of sp³-hybridized carbons (Fsp3) is 0.333. The van der Waals surface area contributed by atoms with E-state index in [4.69, 9.17) is 0 Å². The Labute approximate surface area is 193 Å². The zero-order valence-electron chi connectivity index (χ0n) is 16.6. The summed E-state index contributed by atoms with van der Waals surface area (Å²) in [6, 6.07) is 14.8. The maximum absolute atomic E-state index is 4.53. The second-order valence-corrected chi connectivity index (χ2v) is 7.71. The fourth-order valence-corrected chi connectivity index (χ4v) is 4.30. The number of imidazole rings is 1. The summed E-state index contributed by atoms with van der Waals surface area (Å²) in [7, 11) is 1.85. The highest BCUT2D eigenvalue weighted by molar-refractivity contribution is 14.0. The van der Waals surface area contributed by atoms with Gasteiger partial charge in [-0.25, -0.2) is 4.98 Å². The molecule has 1 saturated heterocycles. The van der Waals surface area contributed by atoms with Crippen LogP contribution in [0.5, 0.6) is 0 Å². The van der Waals surface area contributed by atoms with Crippen LogP contribution in [0, 0.1) is 0 Å². The van der Waals surface area contributed by atoms with Crippen molar-refractivity contribution >= 4 is 46.3 Å². The third-order valence-corrected chi connectivity index (χ3v) is 5.94. The number of aromatic nitrogens is 2. The van der Waals surface area contributed by atoms with Gasteiger partial charge in [-0.3, -0.25) is 4.99 Å². The van der Waals surface area contributed by atoms with E-state index >= 15 is 0 Å². The van der Waals surface area contributed by atoms with Crippen LogP contribution in [0.3, 0.4) is 0 Å². The first-order valence-electron chi connectivity index (χ1n) is 9.61. The molecule has 8 heteroatoms. The van der Waals surface area contributed by atoms with Crippen LogP contribution < -0.4 is 10.2 Å². The lowest BCUT2D eigenvalue weighted by Crippen LogP contribution is -2.52. The quantitative estimate of drug-likeness (QED) is 0.317. The highest BCUT2D eigenvalue weighted by atomic mass is 127. The van der Waals surface area contributed by atoms with Crippen molar-refractivity contribution in [2.45, 2.75) is 13.1 Å². The molecule has 4 rings (SSSR count). The van der Waals surface area contributed by atoms with E-state index in [1.807, 2.05) is 25.5 Å². The van der Waals surface area contributed by atoms with Gasteiger partial charge in [0.15, 0.2) is 5.96 Å². The number of thiophene rings is 1. The largest absolute Gasteiger partial charge is 0.360 e. The second-order valence-electron chi connectivity index (χ2n) is 6.78. The Morgan fingerprint density at radius 3 is 2.59 bits per heavy atom. The van der Waals surface area contributed by atoms with E-state index in [0.29, 0.717) is 6.54 Å². The molecule has 0 atom stereocenters. The summed E-state index contributed by atoms with van der Waals surface area (Å²) in [6.07, 6.45) is 3.90. The number of guanidine groups is 1. The van der Waals surface area contributed by atoms with E-state index in [9.17, 15) is 0 Å². The summed E-state index contributed by atoms with van der Waals surface area (Å²) in [4.78, 5) is 13.8. The summed E-state index contributed by atoms with van der Waals surface area (Å²) in [5.41, 5.74) is 1.27. The molecule has 2 aromatic heterocycles. The van der Waals surface area contributed by atoms with Crippen LogP contribution in [0.1, 0.15) is 11.4 Å². The van der Waals surface area contributed by atoms with Gasteiger partial charge >= 0.3 is 0 Å². The number of piperazine rings is 1. The normalized spacial score (nSPS) is 14.6. The van der Waals surface area contributed by atoms with Gasteiger partial charge < -0.3 is 19.7 Å². The van der Waals surface area contributed by atoms with Crippen molar-refractivity contribution in [2.75, 3.05) is 38.1 Å². The van der Waals surface area contributed by atoms with Crippen molar-refractivity contribution < 1.29 is 0 Å². The Bertz CT molecular complexity index is 885. The zero-order valence-corrected chi connectivity index (χ0v) is 19.7. The van der Waals surface area contributed by atoms with Crippen LogP contribution in [0.15, 0.2) is 65.2 Å². The van der Waals surface area contributed by atoms with Gasteiger partial charge in [-0.05, 0) is 23.1 Å². The molecular formula is C21H27IN6S. The number of hydrogen-bond acceptors (Lipinski definition) is 4.